The van der Waals surface area contributed by atoms with Gasteiger partial charge >= 0.3 is 5.97 Å². The minimum absolute atomic E-state index is 0.298. The maximum atomic E-state index is 11.2. The number of rotatable bonds is 8. The Kier molecular flexibility index (Phi) is 8.01. The zero-order valence-corrected chi connectivity index (χ0v) is 10.1. The Bertz CT molecular complexity index is 202. The number of unbranched alkanes of at least 4 members (excludes halogenated alkanes) is 1. The molecule has 0 radical (unpaired) electrons. The fraction of sp³-hybridized carbons (Fsp3) is 0.750. The van der Waals surface area contributed by atoms with Crippen molar-refractivity contribution in [3.05, 3.63) is 12.2 Å². The summed E-state index contributed by atoms with van der Waals surface area (Å²) in [6.45, 7) is 10.7. The second-order valence-electron chi connectivity index (χ2n) is 3.75. The number of hydrogen-bond donors (Lipinski definition) is 1. The van der Waals surface area contributed by atoms with Crippen LogP contribution in [0.5, 0.6) is 0 Å². The van der Waals surface area contributed by atoms with Crippen molar-refractivity contribution in [2.24, 2.45) is 0 Å². The molecule has 0 spiro atoms. The Hall–Kier alpha value is -0.830. The van der Waals surface area contributed by atoms with Gasteiger partial charge in [0.2, 0.25) is 0 Å². The Labute approximate surface area is 92.9 Å². The largest absolute Gasteiger partial charge is 0.463 e. The van der Waals surface area contributed by atoms with Crippen LogP contribution in [0.2, 0.25) is 0 Å². The molecule has 1 unspecified atom stereocenters. The number of ether oxygens (including phenoxy) is 1. The molecule has 15 heavy (non-hydrogen) atoms. The third kappa shape index (κ3) is 7.14. The molecule has 0 amide bonds. The molecule has 3 heteroatoms. The van der Waals surface area contributed by atoms with Gasteiger partial charge in [0.1, 0.15) is 0 Å². The molecule has 88 valence electrons. The van der Waals surface area contributed by atoms with E-state index in [1.807, 2.05) is 0 Å². The standard InChI is InChI=1S/C12H23NO2/c1-5-7-8-11(4)13-9-10(3)12(14)15-6-2/h11,13H,3,5-9H2,1-2,4H3. The molecule has 1 atom stereocenters. The highest BCUT2D eigenvalue weighted by atomic mass is 16.5. The number of esters is 1. The quantitative estimate of drug-likeness (QED) is 0.496. The summed E-state index contributed by atoms with van der Waals surface area (Å²) < 4.78 is 4.84. The first-order valence-electron chi connectivity index (χ1n) is 5.70. The predicted octanol–water partition coefficient (Wildman–Crippen LogP) is 2.27. The van der Waals surface area contributed by atoms with E-state index in [2.05, 4.69) is 25.7 Å². The third-order valence-corrected chi connectivity index (χ3v) is 2.22. The van der Waals surface area contributed by atoms with E-state index >= 15 is 0 Å². The topological polar surface area (TPSA) is 38.3 Å². The van der Waals surface area contributed by atoms with Crippen molar-refractivity contribution < 1.29 is 9.53 Å². The maximum absolute atomic E-state index is 11.2. The van der Waals surface area contributed by atoms with E-state index in [-0.39, 0.29) is 5.97 Å². The summed E-state index contributed by atoms with van der Waals surface area (Å²) in [6.07, 6.45) is 3.54. The van der Waals surface area contributed by atoms with Crippen LogP contribution in [0.1, 0.15) is 40.0 Å². The van der Waals surface area contributed by atoms with Crippen LogP contribution in [0.15, 0.2) is 12.2 Å². The predicted molar refractivity (Wildman–Crippen MR) is 62.8 cm³/mol. The van der Waals surface area contributed by atoms with Crippen LogP contribution in [0, 0.1) is 0 Å². The SMILES string of the molecule is C=C(CNC(C)CCCC)C(=O)OCC. The lowest BCUT2D eigenvalue weighted by atomic mass is 10.1. The highest BCUT2D eigenvalue weighted by Gasteiger charge is 2.08. The molecule has 0 aliphatic carbocycles. The van der Waals surface area contributed by atoms with Gasteiger partial charge in [0.25, 0.3) is 0 Å². The number of carbonyl (C=O) groups excluding carboxylic acids is 1. The number of nitrogens with one attached hydrogen (secondary N) is 1. The van der Waals surface area contributed by atoms with Crippen molar-refractivity contribution in [1.29, 1.82) is 0 Å². The first kappa shape index (κ1) is 14.2. The fourth-order valence-corrected chi connectivity index (χ4v) is 1.22. The van der Waals surface area contributed by atoms with Crippen molar-refractivity contribution >= 4 is 5.97 Å². The van der Waals surface area contributed by atoms with E-state index in [1.54, 1.807) is 6.92 Å². The van der Waals surface area contributed by atoms with Crippen molar-refractivity contribution in [2.45, 2.75) is 46.1 Å². The summed E-state index contributed by atoms with van der Waals surface area (Å²) in [5, 5.41) is 3.26. The maximum Gasteiger partial charge on any atom is 0.334 e. The summed E-state index contributed by atoms with van der Waals surface area (Å²) in [7, 11) is 0. The summed E-state index contributed by atoms with van der Waals surface area (Å²) in [4.78, 5) is 11.2. The number of carbonyl (C=O) groups is 1. The van der Waals surface area contributed by atoms with Gasteiger partial charge in [-0.3, -0.25) is 0 Å². The van der Waals surface area contributed by atoms with E-state index in [0.29, 0.717) is 24.8 Å². The van der Waals surface area contributed by atoms with Crippen LogP contribution in [-0.2, 0) is 9.53 Å². The molecule has 3 nitrogen and oxygen atoms in total. The highest BCUT2D eigenvalue weighted by molar-refractivity contribution is 5.88. The van der Waals surface area contributed by atoms with Crippen LogP contribution < -0.4 is 5.32 Å². The van der Waals surface area contributed by atoms with Gasteiger partial charge in [0.05, 0.1) is 6.61 Å². The van der Waals surface area contributed by atoms with Gasteiger partial charge in [0, 0.05) is 18.2 Å². The molecule has 1 N–H and O–H groups in total. The molecule has 0 aliphatic heterocycles. The Morgan fingerprint density at radius 1 is 1.47 bits per heavy atom. The van der Waals surface area contributed by atoms with Crippen molar-refractivity contribution in [1.82, 2.24) is 5.32 Å². The van der Waals surface area contributed by atoms with Gasteiger partial charge in [-0.1, -0.05) is 26.3 Å². The molecule has 0 bridgehead atoms. The fourth-order valence-electron chi connectivity index (χ4n) is 1.22. The van der Waals surface area contributed by atoms with Crippen LogP contribution in [0.25, 0.3) is 0 Å². The van der Waals surface area contributed by atoms with Gasteiger partial charge in [0.15, 0.2) is 0 Å². The molecule has 0 rings (SSSR count). The van der Waals surface area contributed by atoms with Gasteiger partial charge < -0.3 is 10.1 Å². The average molecular weight is 213 g/mol. The Morgan fingerprint density at radius 3 is 2.67 bits per heavy atom. The summed E-state index contributed by atoms with van der Waals surface area (Å²) >= 11 is 0. The second-order valence-corrected chi connectivity index (χ2v) is 3.75. The van der Waals surface area contributed by atoms with Crippen LogP contribution >= 0.6 is 0 Å². The second kappa shape index (κ2) is 8.48. The molecule has 0 fully saturated rings. The zero-order valence-electron chi connectivity index (χ0n) is 10.1. The smallest absolute Gasteiger partial charge is 0.334 e. The first-order chi connectivity index (χ1) is 7.11. The lowest BCUT2D eigenvalue weighted by Crippen LogP contribution is -2.30. The molecular weight excluding hydrogens is 190 g/mol. The molecule has 0 saturated carbocycles. The van der Waals surface area contributed by atoms with Crippen molar-refractivity contribution in [3.8, 4) is 0 Å². The Balaban J connectivity index is 3.65. The third-order valence-electron chi connectivity index (χ3n) is 2.22. The molecule has 0 aromatic carbocycles. The van der Waals surface area contributed by atoms with Crippen molar-refractivity contribution in [3.63, 3.8) is 0 Å². The van der Waals surface area contributed by atoms with Gasteiger partial charge in [-0.2, -0.15) is 0 Å². The minimum Gasteiger partial charge on any atom is -0.463 e. The zero-order chi connectivity index (χ0) is 11.7. The van der Waals surface area contributed by atoms with Gasteiger partial charge in [-0.25, -0.2) is 4.79 Å². The number of hydrogen-bond acceptors (Lipinski definition) is 3. The normalized spacial score (nSPS) is 12.2. The minimum atomic E-state index is -0.298. The molecule has 0 aliphatic rings. The molecule has 0 saturated heterocycles. The first-order valence-corrected chi connectivity index (χ1v) is 5.70. The lowest BCUT2D eigenvalue weighted by Gasteiger charge is -2.13. The van der Waals surface area contributed by atoms with Crippen LogP contribution in [-0.4, -0.2) is 25.2 Å². The Morgan fingerprint density at radius 2 is 2.13 bits per heavy atom. The van der Waals surface area contributed by atoms with E-state index in [4.69, 9.17) is 4.74 Å². The summed E-state index contributed by atoms with van der Waals surface area (Å²) in [5.41, 5.74) is 0.500. The monoisotopic (exact) mass is 213 g/mol. The van der Waals surface area contributed by atoms with E-state index in [9.17, 15) is 4.79 Å². The van der Waals surface area contributed by atoms with Gasteiger partial charge in [-0.15, -0.1) is 0 Å². The van der Waals surface area contributed by atoms with E-state index in [0.717, 1.165) is 6.42 Å². The molecule has 0 heterocycles. The van der Waals surface area contributed by atoms with Crippen LogP contribution in [0.3, 0.4) is 0 Å². The molecule has 0 aromatic heterocycles. The summed E-state index contributed by atoms with van der Waals surface area (Å²) in [5.74, 6) is -0.298. The van der Waals surface area contributed by atoms with Crippen LogP contribution in [0.4, 0.5) is 0 Å². The molecular formula is C12H23NO2. The average Bonchev–Trinajstić information content (AvgIpc) is 2.23. The van der Waals surface area contributed by atoms with Gasteiger partial charge in [-0.05, 0) is 20.3 Å². The lowest BCUT2D eigenvalue weighted by molar-refractivity contribution is -0.138. The summed E-state index contributed by atoms with van der Waals surface area (Å²) in [6, 6.07) is 0.427. The molecule has 0 aromatic rings. The van der Waals surface area contributed by atoms with E-state index in [1.165, 1.54) is 12.8 Å². The van der Waals surface area contributed by atoms with Crippen molar-refractivity contribution in [2.75, 3.05) is 13.2 Å². The highest BCUT2D eigenvalue weighted by Crippen LogP contribution is 2.00. The van der Waals surface area contributed by atoms with E-state index < -0.39 is 0 Å².